The first-order valence-electron chi connectivity index (χ1n) is 8.73. The number of hydrogen-bond acceptors (Lipinski definition) is 4. The Labute approximate surface area is 163 Å². The van der Waals surface area contributed by atoms with Gasteiger partial charge >= 0.3 is 0 Å². The van der Waals surface area contributed by atoms with Crippen LogP contribution in [0.1, 0.15) is 12.5 Å². The zero-order valence-corrected chi connectivity index (χ0v) is 16.1. The van der Waals surface area contributed by atoms with Crippen LogP contribution in [0.15, 0.2) is 36.2 Å². The Morgan fingerprint density at radius 3 is 2.85 bits per heavy atom. The predicted octanol–water partition coefficient (Wildman–Crippen LogP) is 1.48. The van der Waals surface area contributed by atoms with Crippen LogP contribution in [0.4, 0.5) is 0 Å². The molecule has 0 unspecified atom stereocenters. The molecule has 2 N–H and O–H groups in total. The van der Waals surface area contributed by atoms with Crippen LogP contribution in [0.25, 0.3) is 17.0 Å². The van der Waals surface area contributed by atoms with Crippen LogP contribution in [0, 0.1) is 0 Å². The molecule has 2 amide bonds. The third-order valence-corrected chi connectivity index (χ3v) is 4.66. The van der Waals surface area contributed by atoms with Gasteiger partial charge in [0.2, 0.25) is 5.91 Å². The van der Waals surface area contributed by atoms with Crippen molar-refractivity contribution in [2.24, 2.45) is 0 Å². The van der Waals surface area contributed by atoms with Gasteiger partial charge in [0, 0.05) is 42.9 Å². The summed E-state index contributed by atoms with van der Waals surface area (Å²) in [6, 6.07) is 7.77. The van der Waals surface area contributed by atoms with Crippen LogP contribution in [0.2, 0.25) is 0 Å². The summed E-state index contributed by atoms with van der Waals surface area (Å²) in [6.07, 6.45) is 3.66. The van der Waals surface area contributed by atoms with Crippen molar-refractivity contribution < 1.29 is 14.3 Å². The third-order valence-electron chi connectivity index (χ3n) is 4.34. The van der Waals surface area contributed by atoms with Crippen LogP contribution in [-0.4, -0.2) is 53.2 Å². The lowest BCUT2D eigenvalue weighted by Gasteiger charge is -2.08. The van der Waals surface area contributed by atoms with Gasteiger partial charge in [0.15, 0.2) is 5.11 Å². The number of carbonyl (C=O) groups is 2. The van der Waals surface area contributed by atoms with Gasteiger partial charge in [0.25, 0.3) is 5.91 Å². The molecule has 3 rings (SSSR count). The number of para-hydroxylation sites is 1. The molecule has 2 aromatic rings. The Bertz CT molecular complexity index is 919. The second-order valence-electron chi connectivity index (χ2n) is 6.11. The van der Waals surface area contributed by atoms with E-state index in [9.17, 15) is 9.59 Å². The number of rotatable bonds is 7. The molecule has 0 atom stereocenters. The van der Waals surface area contributed by atoms with Crippen molar-refractivity contribution in [3.8, 4) is 0 Å². The standard InChI is InChI=1S/C19H22N4O3S/c1-3-23-18(25)15(21-19(23)27)10-13-11-22(12-17(24)20-8-9-26-2)16-7-5-4-6-14(13)16/h4-7,10-11H,3,8-9,12H2,1-2H3,(H,20,24)(H,21,27)/b15-10-. The molecule has 27 heavy (non-hydrogen) atoms. The van der Waals surface area contributed by atoms with E-state index in [1.807, 2.05) is 42.0 Å². The molecule has 1 saturated heterocycles. The van der Waals surface area contributed by atoms with Crippen molar-refractivity contribution in [3.05, 3.63) is 41.7 Å². The van der Waals surface area contributed by atoms with E-state index in [-0.39, 0.29) is 18.4 Å². The highest BCUT2D eigenvalue weighted by molar-refractivity contribution is 7.80. The van der Waals surface area contributed by atoms with E-state index < -0.39 is 0 Å². The number of likely N-dealkylation sites (N-methyl/N-ethyl adjacent to an activating group) is 1. The molecule has 1 aliphatic heterocycles. The van der Waals surface area contributed by atoms with Gasteiger partial charge in [-0.25, -0.2) is 0 Å². The number of benzene rings is 1. The van der Waals surface area contributed by atoms with Crippen molar-refractivity contribution in [3.63, 3.8) is 0 Å². The Hall–Kier alpha value is -2.71. The summed E-state index contributed by atoms with van der Waals surface area (Å²) in [5.41, 5.74) is 2.22. The highest BCUT2D eigenvalue weighted by atomic mass is 32.1. The second-order valence-corrected chi connectivity index (χ2v) is 6.50. The normalized spacial score (nSPS) is 15.6. The van der Waals surface area contributed by atoms with Gasteiger partial charge < -0.3 is 19.9 Å². The average molecular weight is 386 g/mol. The summed E-state index contributed by atoms with van der Waals surface area (Å²) in [5.74, 6) is -0.239. The summed E-state index contributed by atoms with van der Waals surface area (Å²) in [4.78, 5) is 26.1. The molecule has 0 spiro atoms. The third kappa shape index (κ3) is 4.01. The van der Waals surface area contributed by atoms with Crippen LogP contribution < -0.4 is 10.6 Å². The molecule has 0 bridgehead atoms. The van der Waals surface area contributed by atoms with Crippen LogP contribution in [-0.2, 0) is 20.9 Å². The molecule has 0 aliphatic carbocycles. The Kier molecular flexibility index (Phi) is 5.88. The average Bonchev–Trinajstić information content (AvgIpc) is 3.13. The number of thiocarbonyl (C=S) groups is 1. The molecule has 7 nitrogen and oxygen atoms in total. The van der Waals surface area contributed by atoms with Gasteiger partial charge in [-0.05, 0) is 31.3 Å². The molecule has 0 radical (unpaired) electrons. The first-order chi connectivity index (χ1) is 13.0. The number of ether oxygens (including phenoxy) is 1. The summed E-state index contributed by atoms with van der Waals surface area (Å²) < 4.78 is 6.82. The zero-order chi connectivity index (χ0) is 19.4. The van der Waals surface area contributed by atoms with E-state index in [1.54, 1.807) is 13.2 Å². The molecule has 8 heteroatoms. The quantitative estimate of drug-likeness (QED) is 0.428. The maximum absolute atomic E-state index is 12.4. The van der Waals surface area contributed by atoms with Crippen molar-refractivity contribution in [2.45, 2.75) is 13.5 Å². The van der Waals surface area contributed by atoms with Gasteiger partial charge in [-0.2, -0.15) is 0 Å². The van der Waals surface area contributed by atoms with E-state index in [2.05, 4.69) is 10.6 Å². The van der Waals surface area contributed by atoms with Gasteiger partial charge in [-0.3, -0.25) is 14.5 Å². The number of aromatic nitrogens is 1. The molecule has 1 aromatic heterocycles. The lowest BCUT2D eigenvalue weighted by Crippen LogP contribution is -2.30. The first kappa shape index (κ1) is 19.1. The summed E-state index contributed by atoms with van der Waals surface area (Å²) in [5, 5.41) is 7.16. The lowest BCUT2D eigenvalue weighted by molar-refractivity contribution is -0.122. The Balaban J connectivity index is 1.89. The number of hydrogen-bond donors (Lipinski definition) is 2. The van der Waals surface area contributed by atoms with E-state index in [0.29, 0.717) is 30.5 Å². The second kappa shape index (κ2) is 8.32. The minimum Gasteiger partial charge on any atom is -0.383 e. The van der Waals surface area contributed by atoms with E-state index >= 15 is 0 Å². The molecular formula is C19H22N4O3S. The monoisotopic (exact) mass is 386 g/mol. The fourth-order valence-corrected chi connectivity index (χ4v) is 3.36. The van der Waals surface area contributed by atoms with Gasteiger partial charge in [-0.1, -0.05) is 18.2 Å². The number of fused-ring (bicyclic) bond motifs is 1. The fraction of sp³-hybridized carbons (Fsp3) is 0.316. The summed E-state index contributed by atoms with van der Waals surface area (Å²) in [6.45, 7) is 3.52. The van der Waals surface area contributed by atoms with Gasteiger partial charge in [0.1, 0.15) is 12.2 Å². The number of amides is 2. The van der Waals surface area contributed by atoms with Crippen LogP contribution in [0.5, 0.6) is 0 Å². The fourth-order valence-electron chi connectivity index (χ4n) is 3.04. The van der Waals surface area contributed by atoms with Crippen molar-refractivity contribution >= 4 is 46.1 Å². The number of carbonyl (C=O) groups excluding carboxylic acids is 2. The topological polar surface area (TPSA) is 75.6 Å². The summed E-state index contributed by atoms with van der Waals surface area (Å²) >= 11 is 5.20. The molecular weight excluding hydrogens is 364 g/mol. The van der Waals surface area contributed by atoms with Crippen molar-refractivity contribution in [1.29, 1.82) is 0 Å². The SMILES string of the molecule is CCN1C(=O)/C(=C/c2cn(CC(=O)NCCOC)c3ccccc23)NC1=S. The maximum Gasteiger partial charge on any atom is 0.276 e. The van der Waals surface area contributed by atoms with E-state index in [1.165, 1.54) is 4.90 Å². The maximum atomic E-state index is 12.4. The lowest BCUT2D eigenvalue weighted by atomic mass is 10.1. The molecule has 0 saturated carbocycles. The molecule has 1 aliphatic rings. The van der Waals surface area contributed by atoms with Gasteiger partial charge in [0.05, 0.1) is 6.61 Å². The smallest absolute Gasteiger partial charge is 0.276 e. The van der Waals surface area contributed by atoms with E-state index in [0.717, 1.165) is 16.5 Å². The summed E-state index contributed by atoms with van der Waals surface area (Å²) in [7, 11) is 1.59. The molecule has 1 aromatic carbocycles. The molecule has 142 valence electrons. The molecule has 2 heterocycles. The Morgan fingerprint density at radius 2 is 2.15 bits per heavy atom. The number of nitrogens with zero attached hydrogens (tertiary/aromatic N) is 2. The highest BCUT2D eigenvalue weighted by Gasteiger charge is 2.29. The van der Waals surface area contributed by atoms with E-state index in [4.69, 9.17) is 17.0 Å². The largest absolute Gasteiger partial charge is 0.383 e. The highest BCUT2D eigenvalue weighted by Crippen LogP contribution is 2.24. The van der Waals surface area contributed by atoms with Crippen LogP contribution in [0.3, 0.4) is 0 Å². The first-order valence-corrected chi connectivity index (χ1v) is 9.14. The number of methoxy groups -OCH3 is 1. The van der Waals surface area contributed by atoms with Crippen molar-refractivity contribution in [2.75, 3.05) is 26.8 Å². The van der Waals surface area contributed by atoms with Crippen molar-refractivity contribution in [1.82, 2.24) is 20.1 Å². The Morgan fingerprint density at radius 1 is 1.37 bits per heavy atom. The number of nitrogens with one attached hydrogen (secondary N) is 2. The minimum absolute atomic E-state index is 0.0968. The molecule has 1 fully saturated rings. The minimum atomic E-state index is -0.142. The van der Waals surface area contributed by atoms with Crippen LogP contribution >= 0.6 is 12.2 Å². The van der Waals surface area contributed by atoms with Gasteiger partial charge in [-0.15, -0.1) is 0 Å². The predicted molar refractivity (Wildman–Crippen MR) is 108 cm³/mol. The zero-order valence-electron chi connectivity index (χ0n) is 15.3.